The first-order chi connectivity index (χ1) is 13.0. The van der Waals surface area contributed by atoms with Crippen LogP contribution in [0.3, 0.4) is 0 Å². The van der Waals surface area contributed by atoms with Crippen LogP contribution < -0.4 is 0 Å². The van der Waals surface area contributed by atoms with Crippen molar-refractivity contribution in [1.29, 1.82) is 0 Å². The van der Waals surface area contributed by atoms with E-state index in [0.717, 1.165) is 30.7 Å². The Morgan fingerprint density at radius 1 is 0.889 bits per heavy atom. The highest BCUT2D eigenvalue weighted by molar-refractivity contribution is 5.94. The topological polar surface area (TPSA) is 92.2 Å². The van der Waals surface area contributed by atoms with Crippen LogP contribution in [0.4, 0.5) is 0 Å². The van der Waals surface area contributed by atoms with Crippen molar-refractivity contribution in [3.8, 4) is 0 Å². The predicted molar refractivity (Wildman–Crippen MR) is 97.0 cm³/mol. The number of hydrogen-bond acceptors (Lipinski definition) is 6. The molecule has 1 saturated carbocycles. The van der Waals surface area contributed by atoms with Crippen molar-refractivity contribution in [1.82, 2.24) is 29.7 Å². The monoisotopic (exact) mass is 366 g/mol. The minimum absolute atomic E-state index is 0.00420. The number of aryl methyl sites for hydroxylation is 2. The zero-order valence-corrected chi connectivity index (χ0v) is 15.5. The molecule has 1 aliphatic carbocycles. The zero-order chi connectivity index (χ0) is 19.0. The molecule has 0 spiro atoms. The molecule has 1 unspecified atom stereocenters. The van der Waals surface area contributed by atoms with E-state index in [1.165, 1.54) is 12.4 Å². The summed E-state index contributed by atoms with van der Waals surface area (Å²) in [5.74, 6) is -0.234. The lowest BCUT2D eigenvalue weighted by Crippen LogP contribution is -2.44. The van der Waals surface area contributed by atoms with E-state index in [-0.39, 0.29) is 23.9 Å². The molecule has 4 rings (SSSR count). The second kappa shape index (κ2) is 7.02. The molecule has 0 radical (unpaired) electrons. The smallest absolute Gasteiger partial charge is 0.274 e. The molecule has 8 nitrogen and oxygen atoms in total. The first-order valence-electron chi connectivity index (χ1n) is 9.22. The van der Waals surface area contributed by atoms with Gasteiger partial charge in [0.1, 0.15) is 11.4 Å². The fourth-order valence-electron chi connectivity index (χ4n) is 3.44. The van der Waals surface area contributed by atoms with Crippen molar-refractivity contribution in [2.24, 2.45) is 0 Å². The molecule has 2 amide bonds. The number of nitrogens with zero attached hydrogens (tertiary/aromatic N) is 6. The molecule has 1 atom stereocenters. The molecule has 3 heterocycles. The Balaban J connectivity index is 1.48. The molecular formula is C19H22N6O2. The van der Waals surface area contributed by atoms with E-state index in [1.807, 2.05) is 18.7 Å². The number of carbonyl (C=O) groups is 2. The molecule has 27 heavy (non-hydrogen) atoms. The van der Waals surface area contributed by atoms with Crippen molar-refractivity contribution in [3.63, 3.8) is 0 Å². The van der Waals surface area contributed by atoms with Gasteiger partial charge in [0.05, 0.1) is 29.8 Å². The van der Waals surface area contributed by atoms with Crippen LogP contribution in [0.15, 0.2) is 24.8 Å². The highest BCUT2D eigenvalue weighted by Crippen LogP contribution is 2.33. The maximum atomic E-state index is 13.0. The van der Waals surface area contributed by atoms with E-state index >= 15 is 0 Å². The van der Waals surface area contributed by atoms with Gasteiger partial charge < -0.3 is 9.80 Å². The average Bonchev–Trinajstić information content (AvgIpc) is 3.38. The van der Waals surface area contributed by atoms with E-state index in [1.54, 1.807) is 17.3 Å². The van der Waals surface area contributed by atoms with Crippen LogP contribution in [0.1, 0.15) is 51.6 Å². The van der Waals surface area contributed by atoms with Crippen molar-refractivity contribution >= 4 is 11.8 Å². The quantitative estimate of drug-likeness (QED) is 0.812. The molecule has 2 aliphatic rings. The Labute approximate surface area is 157 Å². The van der Waals surface area contributed by atoms with Gasteiger partial charge in [0.15, 0.2) is 0 Å². The highest BCUT2D eigenvalue weighted by Gasteiger charge is 2.42. The molecule has 0 bridgehead atoms. The van der Waals surface area contributed by atoms with Gasteiger partial charge in [0.25, 0.3) is 11.8 Å². The molecule has 0 N–H and O–H groups in total. The molecular weight excluding hydrogens is 344 g/mol. The van der Waals surface area contributed by atoms with Crippen molar-refractivity contribution in [2.75, 3.05) is 13.1 Å². The summed E-state index contributed by atoms with van der Waals surface area (Å²) < 4.78 is 0. The first-order valence-corrected chi connectivity index (χ1v) is 9.22. The molecule has 0 aromatic carbocycles. The summed E-state index contributed by atoms with van der Waals surface area (Å²) in [7, 11) is 0. The molecule has 140 valence electrons. The predicted octanol–water partition coefficient (Wildman–Crippen LogP) is 1.40. The summed E-state index contributed by atoms with van der Waals surface area (Å²) in [5, 5.41) is 0. The Kier molecular flexibility index (Phi) is 4.55. The van der Waals surface area contributed by atoms with Crippen LogP contribution in [-0.2, 0) is 0 Å². The number of hydrogen-bond donors (Lipinski definition) is 0. The largest absolute Gasteiger partial charge is 0.335 e. The maximum Gasteiger partial charge on any atom is 0.274 e. The third-order valence-electron chi connectivity index (χ3n) is 5.02. The Bertz CT molecular complexity index is 848. The molecule has 8 heteroatoms. The fourth-order valence-corrected chi connectivity index (χ4v) is 3.44. The minimum Gasteiger partial charge on any atom is -0.335 e. The third-order valence-corrected chi connectivity index (χ3v) is 5.02. The van der Waals surface area contributed by atoms with Crippen LogP contribution in [-0.4, -0.2) is 66.7 Å². The highest BCUT2D eigenvalue weighted by atomic mass is 16.2. The standard InChI is InChI=1S/C19H22N6O2/c1-12-7-22-16(9-20-12)18(26)24-6-5-15(11-24)25(14-3-4-14)19(27)17-10-21-13(2)8-23-17/h7-10,14-15H,3-6,11H2,1-2H3. The lowest BCUT2D eigenvalue weighted by molar-refractivity contribution is 0.0634. The van der Waals surface area contributed by atoms with Gasteiger partial charge in [-0.3, -0.25) is 19.6 Å². The Morgan fingerprint density at radius 3 is 2.07 bits per heavy atom. The van der Waals surface area contributed by atoms with Crippen LogP contribution in [0.25, 0.3) is 0 Å². The molecule has 2 fully saturated rings. The summed E-state index contributed by atoms with van der Waals surface area (Å²) in [5.41, 5.74) is 2.26. The average molecular weight is 366 g/mol. The van der Waals surface area contributed by atoms with Crippen molar-refractivity contribution in [3.05, 3.63) is 47.6 Å². The minimum atomic E-state index is -0.136. The van der Waals surface area contributed by atoms with E-state index in [9.17, 15) is 9.59 Å². The SMILES string of the molecule is Cc1cnc(C(=O)N2CCC(N(C(=O)c3cnc(C)cn3)C3CC3)C2)cn1. The van der Waals surface area contributed by atoms with Crippen molar-refractivity contribution in [2.45, 2.75) is 45.2 Å². The fraction of sp³-hybridized carbons (Fsp3) is 0.474. The molecule has 2 aromatic heterocycles. The number of aromatic nitrogens is 4. The van der Waals surface area contributed by atoms with Gasteiger partial charge >= 0.3 is 0 Å². The van der Waals surface area contributed by atoms with Gasteiger partial charge in [-0.15, -0.1) is 0 Å². The van der Waals surface area contributed by atoms with E-state index in [0.29, 0.717) is 24.5 Å². The zero-order valence-electron chi connectivity index (χ0n) is 15.5. The van der Waals surface area contributed by atoms with Gasteiger partial charge in [-0.2, -0.15) is 0 Å². The van der Waals surface area contributed by atoms with Crippen LogP contribution in [0.2, 0.25) is 0 Å². The number of rotatable bonds is 4. The third kappa shape index (κ3) is 3.65. The van der Waals surface area contributed by atoms with E-state index in [2.05, 4.69) is 19.9 Å². The summed E-state index contributed by atoms with van der Waals surface area (Å²) >= 11 is 0. The van der Waals surface area contributed by atoms with Gasteiger partial charge in [-0.25, -0.2) is 9.97 Å². The summed E-state index contributed by atoms with van der Waals surface area (Å²) in [6.07, 6.45) is 9.00. The normalized spacial score (nSPS) is 19.2. The summed E-state index contributed by atoms with van der Waals surface area (Å²) in [6.45, 7) is 4.79. The van der Waals surface area contributed by atoms with E-state index < -0.39 is 0 Å². The number of carbonyl (C=O) groups excluding carboxylic acids is 2. The number of amides is 2. The molecule has 1 saturated heterocycles. The van der Waals surface area contributed by atoms with Gasteiger partial charge in [0.2, 0.25) is 0 Å². The van der Waals surface area contributed by atoms with Crippen LogP contribution in [0, 0.1) is 13.8 Å². The molecule has 2 aromatic rings. The van der Waals surface area contributed by atoms with Gasteiger partial charge in [0, 0.05) is 31.5 Å². The lowest BCUT2D eigenvalue weighted by Gasteiger charge is -2.29. The van der Waals surface area contributed by atoms with Crippen molar-refractivity contribution < 1.29 is 9.59 Å². The molecule has 1 aliphatic heterocycles. The first kappa shape index (κ1) is 17.5. The lowest BCUT2D eigenvalue weighted by atomic mass is 10.2. The Hall–Kier alpha value is -2.90. The van der Waals surface area contributed by atoms with Crippen LogP contribution >= 0.6 is 0 Å². The van der Waals surface area contributed by atoms with E-state index in [4.69, 9.17) is 0 Å². The number of likely N-dealkylation sites (tertiary alicyclic amines) is 1. The van der Waals surface area contributed by atoms with Crippen LogP contribution in [0.5, 0.6) is 0 Å². The van der Waals surface area contributed by atoms with Gasteiger partial charge in [-0.05, 0) is 33.1 Å². The maximum absolute atomic E-state index is 13.0. The second-order valence-electron chi connectivity index (χ2n) is 7.22. The summed E-state index contributed by atoms with van der Waals surface area (Å²) in [4.78, 5) is 46.1. The Morgan fingerprint density at radius 2 is 1.52 bits per heavy atom. The second-order valence-corrected chi connectivity index (χ2v) is 7.22. The summed E-state index contributed by atoms with van der Waals surface area (Å²) in [6, 6.07) is 0.232. The van der Waals surface area contributed by atoms with Gasteiger partial charge in [-0.1, -0.05) is 0 Å².